The van der Waals surface area contributed by atoms with Crippen LogP contribution in [0.5, 0.6) is 0 Å². The first kappa shape index (κ1) is 19.5. The van der Waals surface area contributed by atoms with Gasteiger partial charge in [-0.05, 0) is 43.3 Å². The molecule has 4 rings (SSSR count). The van der Waals surface area contributed by atoms with Crippen LogP contribution in [-0.2, 0) is 0 Å². The Labute approximate surface area is 174 Å². The Bertz CT molecular complexity index is 1190. The molecule has 28 heavy (non-hydrogen) atoms. The van der Waals surface area contributed by atoms with Crippen LogP contribution in [0.25, 0.3) is 22.3 Å². The second-order valence-corrected chi connectivity index (χ2v) is 7.99. The number of aromatic nitrogens is 3. The van der Waals surface area contributed by atoms with Gasteiger partial charge in [0, 0.05) is 17.2 Å². The Morgan fingerprint density at radius 3 is 2.54 bits per heavy atom. The number of hydrogen-bond donors (Lipinski definition) is 1. The molecule has 1 fully saturated rings. The molecule has 3 aromatic rings. The maximum Gasteiger partial charge on any atom is 0.264 e. The zero-order valence-electron chi connectivity index (χ0n) is 14.5. The quantitative estimate of drug-likeness (QED) is 0.473. The third-order valence-corrected chi connectivity index (χ3v) is 6.10. The average Bonchev–Trinajstić information content (AvgIpc) is 3.17. The van der Waals surface area contributed by atoms with Gasteiger partial charge >= 0.3 is 0 Å². The summed E-state index contributed by atoms with van der Waals surface area (Å²) in [7, 11) is 0. The highest BCUT2D eigenvalue weighted by atomic mass is 35.5. The molecule has 0 aliphatic heterocycles. The van der Waals surface area contributed by atoms with Crippen molar-refractivity contribution in [2.24, 2.45) is 0 Å². The number of aromatic amines is 1. The predicted molar refractivity (Wildman–Crippen MR) is 109 cm³/mol. The van der Waals surface area contributed by atoms with E-state index in [1.54, 1.807) is 22.8 Å². The van der Waals surface area contributed by atoms with E-state index >= 15 is 0 Å². The minimum atomic E-state index is -2.85. The van der Waals surface area contributed by atoms with Crippen molar-refractivity contribution >= 4 is 46.5 Å². The molecule has 0 unspecified atom stereocenters. The van der Waals surface area contributed by atoms with Crippen molar-refractivity contribution < 1.29 is 8.78 Å². The molecule has 1 N–H and O–H groups in total. The number of alkyl halides is 2. The van der Waals surface area contributed by atoms with E-state index in [1.807, 2.05) is 0 Å². The Morgan fingerprint density at radius 1 is 1.18 bits per heavy atom. The van der Waals surface area contributed by atoms with E-state index in [9.17, 15) is 13.6 Å². The van der Waals surface area contributed by atoms with Gasteiger partial charge in [0.1, 0.15) is 5.65 Å². The topological polar surface area (TPSA) is 50.7 Å². The maximum absolute atomic E-state index is 13.9. The van der Waals surface area contributed by atoms with Gasteiger partial charge in [0.25, 0.3) is 12.0 Å². The Morgan fingerprint density at radius 2 is 1.89 bits per heavy atom. The summed E-state index contributed by atoms with van der Waals surface area (Å²) in [4.78, 5) is 19.6. The van der Waals surface area contributed by atoms with Gasteiger partial charge in [0.2, 0.25) is 0 Å². The van der Waals surface area contributed by atoms with Crippen LogP contribution in [0, 0.1) is 4.77 Å². The second-order valence-electron chi connectivity index (χ2n) is 6.79. The summed E-state index contributed by atoms with van der Waals surface area (Å²) in [5, 5.41) is 0.517. The first-order valence-electron chi connectivity index (χ1n) is 8.80. The normalized spacial score (nSPS) is 15.0. The molecule has 0 bridgehead atoms. The van der Waals surface area contributed by atoms with E-state index in [2.05, 4.69) is 9.97 Å². The van der Waals surface area contributed by atoms with Crippen LogP contribution in [0.1, 0.15) is 43.7 Å². The molecule has 146 valence electrons. The van der Waals surface area contributed by atoms with E-state index in [-0.39, 0.29) is 38.1 Å². The number of rotatable bonds is 3. The number of halogens is 4. The number of fused-ring (bicyclic) bond motifs is 1. The lowest BCUT2D eigenvalue weighted by Crippen LogP contribution is -2.20. The molecule has 4 nitrogen and oxygen atoms in total. The largest absolute Gasteiger partial charge is 0.299 e. The summed E-state index contributed by atoms with van der Waals surface area (Å²) < 4.78 is 29.6. The number of benzene rings is 1. The fourth-order valence-corrected chi connectivity index (χ4v) is 4.38. The number of nitrogens with zero attached hydrogens (tertiary/aromatic N) is 2. The van der Waals surface area contributed by atoms with Crippen LogP contribution < -0.4 is 5.56 Å². The first-order chi connectivity index (χ1) is 13.4. The molecule has 1 saturated carbocycles. The number of nitrogens with one attached hydrogen (secondary N) is 1. The standard InChI is InChI=1S/C19H15Cl2F2N3OS/c20-12-6-5-9(7-13(12)21)14-8-11(16(22)23)15-17(24-14)26(10-3-1-2-4-10)19(28)25-18(15)27/h5-8,10,16H,1-4H2,(H,25,27,28). The molecule has 0 atom stereocenters. The lowest BCUT2D eigenvalue weighted by Gasteiger charge is -2.19. The van der Waals surface area contributed by atoms with Crippen LogP contribution >= 0.6 is 35.4 Å². The number of hydrogen-bond acceptors (Lipinski definition) is 3. The van der Waals surface area contributed by atoms with Gasteiger partial charge < -0.3 is 0 Å². The van der Waals surface area contributed by atoms with Crippen LogP contribution in [0.2, 0.25) is 10.0 Å². The van der Waals surface area contributed by atoms with E-state index in [0.29, 0.717) is 10.6 Å². The lowest BCUT2D eigenvalue weighted by molar-refractivity contribution is 0.153. The third kappa shape index (κ3) is 3.36. The van der Waals surface area contributed by atoms with E-state index < -0.39 is 12.0 Å². The zero-order chi connectivity index (χ0) is 20.0. The molecular weight excluding hydrogens is 427 g/mol. The molecule has 0 radical (unpaired) electrons. The molecule has 0 amide bonds. The summed E-state index contributed by atoms with van der Waals surface area (Å²) in [6.07, 6.45) is 0.903. The molecule has 0 saturated heterocycles. The lowest BCUT2D eigenvalue weighted by atomic mass is 10.1. The highest BCUT2D eigenvalue weighted by molar-refractivity contribution is 7.71. The molecule has 0 spiro atoms. The summed E-state index contributed by atoms with van der Waals surface area (Å²) in [6, 6.07) is 6.04. The summed E-state index contributed by atoms with van der Waals surface area (Å²) in [5.74, 6) is 0. The van der Waals surface area contributed by atoms with E-state index in [4.69, 9.17) is 35.4 Å². The Hall–Kier alpha value is -1.83. The number of H-pyrrole nitrogens is 1. The van der Waals surface area contributed by atoms with Crippen molar-refractivity contribution in [2.45, 2.75) is 38.2 Å². The zero-order valence-corrected chi connectivity index (χ0v) is 16.8. The van der Waals surface area contributed by atoms with Gasteiger partial charge in [-0.15, -0.1) is 0 Å². The summed E-state index contributed by atoms with van der Waals surface area (Å²) in [5.41, 5.74) is -0.0400. The van der Waals surface area contributed by atoms with Gasteiger partial charge in [-0.2, -0.15) is 0 Å². The van der Waals surface area contributed by atoms with Gasteiger partial charge in [-0.3, -0.25) is 14.3 Å². The molecule has 1 aliphatic carbocycles. The Kier molecular flexibility index (Phi) is 5.24. The highest BCUT2D eigenvalue weighted by Gasteiger charge is 2.25. The van der Waals surface area contributed by atoms with E-state index in [1.165, 1.54) is 6.07 Å². The van der Waals surface area contributed by atoms with Crippen LogP contribution in [0.4, 0.5) is 8.78 Å². The van der Waals surface area contributed by atoms with Crippen molar-refractivity contribution in [3.63, 3.8) is 0 Å². The van der Waals surface area contributed by atoms with Crippen LogP contribution in [-0.4, -0.2) is 14.5 Å². The average molecular weight is 442 g/mol. The smallest absolute Gasteiger partial charge is 0.264 e. The minimum Gasteiger partial charge on any atom is -0.299 e. The number of pyridine rings is 1. The molecule has 2 aromatic heterocycles. The van der Waals surface area contributed by atoms with Gasteiger partial charge in [-0.1, -0.05) is 42.1 Å². The maximum atomic E-state index is 13.9. The van der Waals surface area contributed by atoms with Gasteiger partial charge in [0.15, 0.2) is 4.77 Å². The van der Waals surface area contributed by atoms with Crippen molar-refractivity contribution in [3.8, 4) is 11.3 Å². The predicted octanol–water partition coefficient (Wildman–Crippen LogP) is 6.48. The monoisotopic (exact) mass is 441 g/mol. The fraction of sp³-hybridized carbons (Fsp3) is 0.316. The van der Waals surface area contributed by atoms with Crippen LogP contribution in [0.3, 0.4) is 0 Å². The molecule has 9 heteroatoms. The summed E-state index contributed by atoms with van der Waals surface area (Å²) in [6.45, 7) is 0. The van der Waals surface area contributed by atoms with E-state index in [0.717, 1.165) is 25.7 Å². The van der Waals surface area contributed by atoms with Gasteiger partial charge in [-0.25, -0.2) is 13.8 Å². The highest BCUT2D eigenvalue weighted by Crippen LogP contribution is 2.35. The third-order valence-electron chi connectivity index (χ3n) is 5.07. The molecular formula is C19H15Cl2F2N3OS. The molecule has 2 heterocycles. The second kappa shape index (κ2) is 7.54. The Balaban J connectivity index is 2.08. The van der Waals surface area contributed by atoms with Crippen molar-refractivity contribution in [1.29, 1.82) is 0 Å². The summed E-state index contributed by atoms with van der Waals surface area (Å²) >= 11 is 17.4. The van der Waals surface area contributed by atoms with Crippen molar-refractivity contribution in [1.82, 2.24) is 14.5 Å². The fourth-order valence-electron chi connectivity index (χ4n) is 3.75. The van der Waals surface area contributed by atoms with Crippen molar-refractivity contribution in [2.75, 3.05) is 0 Å². The van der Waals surface area contributed by atoms with Crippen molar-refractivity contribution in [3.05, 3.63) is 55.0 Å². The molecule has 1 aromatic carbocycles. The minimum absolute atomic E-state index is 0.0222. The first-order valence-corrected chi connectivity index (χ1v) is 9.96. The van der Waals surface area contributed by atoms with Crippen LogP contribution in [0.15, 0.2) is 29.1 Å². The molecule has 1 aliphatic rings. The SMILES string of the molecule is O=c1[nH]c(=S)n(C2CCCC2)c2nc(-c3ccc(Cl)c(Cl)c3)cc(C(F)F)c12. The van der Waals surface area contributed by atoms with Gasteiger partial charge in [0.05, 0.1) is 21.1 Å².